The van der Waals surface area contributed by atoms with Crippen molar-refractivity contribution in [3.63, 3.8) is 0 Å². The molecular formula is C12H13N5O. The van der Waals surface area contributed by atoms with E-state index in [9.17, 15) is 0 Å². The molecule has 6 nitrogen and oxygen atoms in total. The zero-order valence-electron chi connectivity index (χ0n) is 10.1. The summed E-state index contributed by atoms with van der Waals surface area (Å²) in [5.74, 6) is 0. The molecule has 0 aliphatic carbocycles. The normalized spacial score (nSPS) is 24.7. The molecule has 2 aliphatic rings. The van der Waals surface area contributed by atoms with Gasteiger partial charge in [-0.15, -0.1) is 0 Å². The molecule has 1 atom stereocenters. The molecule has 0 amide bonds. The van der Waals surface area contributed by atoms with Gasteiger partial charge in [-0.05, 0) is 13.0 Å². The molecule has 0 aromatic carbocycles. The molecule has 2 aliphatic heterocycles. The second-order valence-corrected chi connectivity index (χ2v) is 4.60. The smallest absolute Gasteiger partial charge is 0.215 e. The summed E-state index contributed by atoms with van der Waals surface area (Å²) in [6, 6.07) is 4.04. The Labute approximate surface area is 105 Å². The lowest BCUT2D eigenvalue weighted by molar-refractivity contribution is 0.0156. The van der Waals surface area contributed by atoms with Gasteiger partial charge in [-0.2, -0.15) is 15.5 Å². The molecule has 92 valence electrons. The van der Waals surface area contributed by atoms with Gasteiger partial charge in [0.05, 0.1) is 17.9 Å². The van der Waals surface area contributed by atoms with Crippen LogP contribution in [0, 0.1) is 11.3 Å². The first-order chi connectivity index (χ1) is 8.73. The average Bonchev–Trinajstić information content (AvgIpc) is 3.18. The van der Waals surface area contributed by atoms with Crippen LogP contribution in [0.25, 0.3) is 0 Å². The number of nitriles is 1. The summed E-state index contributed by atoms with van der Waals surface area (Å²) in [5, 5.41) is 17.2. The minimum atomic E-state index is -0.390. The first-order valence-electron chi connectivity index (χ1n) is 5.88. The maximum atomic E-state index is 9.10. The molecule has 0 radical (unpaired) electrons. The molecule has 0 spiro atoms. The fourth-order valence-corrected chi connectivity index (χ4v) is 2.16. The van der Waals surface area contributed by atoms with Gasteiger partial charge in [-0.3, -0.25) is 4.98 Å². The van der Waals surface area contributed by atoms with Crippen molar-refractivity contribution >= 4 is 5.69 Å². The van der Waals surface area contributed by atoms with E-state index in [1.165, 1.54) is 0 Å². The predicted octanol–water partition coefficient (Wildman–Crippen LogP) is 1.34. The maximum Gasteiger partial charge on any atom is 0.215 e. The van der Waals surface area contributed by atoms with Crippen LogP contribution in [0.5, 0.6) is 0 Å². The van der Waals surface area contributed by atoms with Crippen LogP contribution < -0.4 is 4.90 Å². The zero-order chi connectivity index (χ0) is 12.6. The number of hydrogen-bond donors (Lipinski definition) is 0. The molecule has 0 saturated carbocycles. The van der Waals surface area contributed by atoms with Crippen LogP contribution >= 0.6 is 0 Å². The molecule has 6 heteroatoms. The van der Waals surface area contributed by atoms with Crippen molar-refractivity contribution in [2.75, 3.05) is 24.6 Å². The highest BCUT2D eigenvalue weighted by Gasteiger charge is 2.46. The molecule has 0 bridgehead atoms. The highest BCUT2D eigenvalue weighted by Crippen LogP contribution is 2.35. The van der Waals surface area contributed by atoms with E-state index < -0.39 is 5.66 Å². The van der Waals surface area contributed by atoms with E-state index in [0.717, 1.165) is 12.2 Å². The average molecular weight is 243 g/mol. The van der Waals surface area contributed by atoms with Crippen LogP contribution in [-0.2, 0) is 4.74 Å². The Balaban J connectivity index is 1.82. The monoisotopic (exact) mass is 243 g/mol. The van der Waals surface area contributed by atoms with Crippen molar-refractivity contribution in [1.29, 1.82) is 5.26 Å². The van der Waals surface area contributed by atoms with E-state index in [1.54, 1.807) is 12.4 Å². The molecule has 0 N–H and O–H groups in total. The Morgan fingerprint density at radius 1 is 1.56 bits per heavy atom. The summed E-state index contributed by atoms with van der Waals surface area (Å²) in [6.07, 6.45) is 3.26. The molecular weight excluding hydrogens is 230 g/mol. The Bertz CT molecular complexity index is 530. The third-order valence-corrected chi connectivity index (χ3v) is 3.35. The SMILES string of the molecule is CC1(C2CN(c3ccncc3C#N)CCO2)N=N1. The van der Waals surface area contributed by atoms with Crippen LogP contribution in [-0.4, -0.2) is 36.4 Å². The van der Waals surface area contributed by atoms with Crippen molar-refractivity contribution in [1.82, 2.24) is 4.98 Å². The molecule has 3 heterocycles. The molecule has 3 rings (SSSR count). The minimum absolute atomic E-state index is 0.0361. The van der Waals surface area contributed by atoms with Gasteiger partial charge in [0.2, 0.25) is 5.66 Å². The number of hydrogen-bond acceptors (Lipinski definition) is 6. The zero-order valence-corrected chi connectivity index (χ0v) is 10.1. The number of morpholine rings is 1. The molecule has 1 unspecified atom stereocenters. The highest BCUT2D eigenvalue weighted by atomic mass is 16.5. The number of nitrogens with zero attached hydrogens (tertiary/aromatic N) is 5. The van der Waals surface area contributed by atoms with Gasteiger partial charge in [0.1, 0.15) is 12.2 Å². The Morgan fingerprint density at radius 2 is 2.39 bits per heavy atom. The molecule has 1 aromatic heterocycles. The predicted molar refractivity (Wildman–Crippen MR) is 64.2 cm³/mol. The summed E-state index contributed by atoms with van der Waals surface area (Å²) < 4.78 is 5.70. The summed E-state index contributed by atoms with van der Waals surface area (Å²) in [7, 11) is 0. The third kappa shape index (κ3) is 1.83. The molecule has 1 saturated heterocycles. The Kier molecular flexibility index (Phi) is 2.49. The molecule has 1 aromatic rings. The third-order valence-electron chi connectivity index (χ3n) is 3.35. The Hall–Kier alpha value is -2.00. The standard InChI is InChI=1S/C12H13N5O/c1-12(15-16-12)11-8-17(4-5-18-11)10-2-3-14-7-9(10)6-13/h2-3,7,11H,4-5,8H2,1H3. The van der Waals surface area contributed by atoms with E-state index in [0.29, 0.717) is 18.7 Å². The van der Waals surface area contributed by atoms with Gasteiger partial charge in [0.25, 0.3) is 0 Å². The lowest BCUT2D eigenvalue weighted by atomic mass is 10.1. The van der Waals surface area contributed by atoms with E-state index >= 15 is 0 Å². The largest absolute Gasteiger partial charge is 0.370 e. The quantitative estimate of drug-likeness (QED) is 0.785. The summed E-state index contributed by atoms with van der Waals surface area (Å²) in [4.78, 5) is 6.12. The van der Waals surface area contributed by atoms with Gasteiger partial charge in [0, 0.05) is 25.5 Å². The van der Waals surface area contributed by atoms with Gasteiger partial charge in [-0.1, -0.05) is 0 Å². The van der Waals surface area contributed by atoms with Crippen LogP contribution in [0.1, 0.15) is 12.5 Å². The fourth-order valence-electron chi connectivity index (χ4n) is 2.16. The van der Waals surface area contributed by atoms with Crippen LogP contribution in [0.15, 0.2) is 28.7 Å². The lowest BCUT2D eigenvalue weighted by Crippen LogP contribution is -2.48. The van der Waals surface area contributed by atoms with Crippen molar-refractivity contribution in [3.8, 4) is 6.07 Å². The number of aromatic nitrogens is 1. The van der Waals surface area contributed by atoms with Crippen molar-refractivity contribution in [3.05, 3.63) is 24.0 Å². The van der Waals surface area contributed by atoms with Gasteiger partial charge in [0.15, 0.2) is 0 Å². The van der Waals surface area contributed by atoms with Crippen molar-refractivity contribution in [2.45, 2.75) is 18.7 Å². The number of rotatable bonds is 2. The maximum absolute atomic E-state index is 9.10. The van der Waals surface area contributed by atoms with E-state index in [-0.39, 0.29) is 6.10 Å². The van der Waals surface area contributed by atoms with Crippen LogP contribution in [0.3, 0.4) is 0 Å². The number of ether oxygens (including phenoxy) is 1. The summed E-state index contributed by atoms with van der Waals surface area (Å²) in [6.45, 7) is 4.05. The van der Waals surface area contributed by atoms with Crippen molar-refractivity contribution < 1.29 is 4.74 Å². The summed E-state index contributed by atoms with van der Waals surface area (Å²) >= 11 is 0. The highest BCUT2D eigenvalue weighted by molar-refractivity contribution is 5.58. The van der Waals surface area contributed by atoms with Gasteiger partial charge in [-0.25, -0.2) is 0 Å². The number of pyridine rings is 1. The van der Waals surface area contributed by atoms with Gasteiger partial charge < -0.3 is 9.64 Å². The molecule has 18 heavy (non-hydrogen) atoms. The topological polar surface area (TPSA) is 73.9 Å². The van der Waals surface area contributed by atoms with Crippen LogP contribution in [0.4, 0.5) is 5.69 Å². The summed E-state index contributed by atoms with van der Waals surface area (Å²) in [5.41, 5.74) is 1.11. The van der Waals surface area contributed by atoms with E-state index in [1.807, 2.05) is 13.0 Å². The number of anilines is 1. The minimum Gasteiger partial charge on any atom is -0.370 e. The van der Waals surface area contributed by atoms with Crippen molar-refractivity contribution in [2.24, 2.45) is 10.2 Å². The first kappa shape index (κ1) is 11.1. The first-order valence-corrected chi connectivity index (χ1v) is 5.88. The second-order valence-electron chi connectivity index (χ2n) is 4.60. The van der Waals surface area contributed by atoms with E-state index in [4.69, 9.17) is 10.00 Å². The van der Waals surface area contributed by atoms with Gasteiger partial charge >= 0.3 is 0 Å². The molecule has 1 fully saturated rings. The lowest BCUT2D eigenvalue weighted by Gasteiger charge is -2.35. The Morgan fingerprint density at radius 3 is 3.11 bits per heavy atom. The van der Waals surface area contributed by atoms with E-state index in [2.05, 4.69) is 26.2 Å². The fraction of sp³-hybridized carbons (Fsp3) is 0.500. The van der Waals surface area contributed by atoms with Crippen LogP contribution in [0.2, 0.25) is 0 Å². The second kappa shape index (κ2) is 4.03.